The zero-order chi connectivity index (χ0) is 15.4. The number of nitrogens with zero attached hydrogens (tertiary/aromatic N) is 1. The SMILES string of the molecule is N[C@@H]1CCCN(C(=O)c2occc2CSc2ccccc2)C1. The molecule has 1 aliphatic heterocycles. The zero-order valence-corrected chi connectivity index (χ0v) is 13.2. The van der Waals surface area contributed by atoms with Crippen molar-refractivity contribution in [2.24, 2.45) is 5.73 Å². The first-order chi connectivity index (χ1) is 10.7. The number of benzene rings is 1. The summed E-state index contributed by atoms with van der Waals surface area (Å²) in [5.74, 6) is 1.14. The van der Waals surface area contributed by atoms with Crippen molar-refractivity contribution < 1.29 is 9.21 Å². The molecule has 1 aromatic carbocycles. The number of hydrogen-bond acceptors (Lipinski definition) is 4. The molecule has 0 saturated carbocycles. The van der Waals surface area contributed by atoms with Crippen LogP contribution in [0.1, 0.15) is 29.0 Å². The summed E-state index contributed by atoms with van der Waals surface area (Å²) < 4.78 is 5.46. The van der Waals surface area contributed by atoms with Gasteiger partial charge >= 0.3 is 0 Å². The highest BCUT2D eigenvalue weighted by molar-refractivity contribution is 7.98. The Kier molecular flexibility index (Phi) is 4.85. The predicted molar refractivity (Wildman–Crippen MR) is 87.8 cm³/mol. The maximum Gasteiger partial charge on any atom is 0.289 e. The van der Waals surface area contributed by atoms with Crippen molar-refractivity contribution in [1.29, 1.82) is 0 Å². The third-order valence-electron chi connectivity index (χ3n) is 3.82. The first-order valence-electron chi connectivity index (χ1n) is 7.53. The summed E-state index contributed by atoms with van der Waals surface area (Å²) in [5, 5.41) is 0. The van der Waals surface area contributed by atoms with Crippen LogP contribution in [0.3, 0.4) is 0 Å². The van der Waals surface area contributed by atoms with E-state index in [-0.39, 0.29) is 11.9 Å². The van der Waals surface area contributed by atoms with Crippen molar-refractivity contribution in [3.05, 3.63) is 54.0 Å². The van der Waals surface area contributed by atoms with E-state index >= 15 is 0 Å². The fraction of sp³-hybridized carbons (Fsp3) is 0.353. The lowest BCUT2D eigenvalue weighted by molar-refractivity contribution is 0.0675. The van der Waals surface area contributed by atoms with Gasteiger partial charge in [-0.15, -0.1) is 11.8 Å². The molecule has 1 aliphatic rings. The summed E-state index contributed by atoms with van der Waals surface area (Å²) in [6, 6.07) is 12.1. The molecule has 1 atom stereocenters. The van der Waals surface area contributed by atoms with Crippen LogP contribution in [-0.2, 0) is 5.75 Å². The number of thioether (sulfide) groups is 1. The predicted octanol–water partition coefficient (Wildman–Crippen LogP) is 3.14. The van der Waals surface area contributed by atoms with Gasteiger partial charge in [0.2, 0.25) is 0 Å². The van der Waals surface area contributed by atoms with Gasteiger partial charge in [0.05, 0.1) is 6.26 Å². The molecule has 22 heavy (non-hydrogen) atoms. The standard InChI is InChI=1S/C17H20N2O2S/c18-14-5-4-9-19(11-14)17(20)16-13(8-10-21-16)12-22-15-6-2-1-3-7-15/h1-3,6-8,10,14H,4-5,9,11-12,18H2/t14-/m1/s1. The fourth-order valence-corrected chi connectivity index (χ4v) is 3.55. The minimum absolute atomic E-state index is 0.0381. The van der Waals surface area contributed by atoms with Gasteiger partial charge < -0.3 is 15.1 Å². The van der Waals surface area contributed by atoms with Gasteiger partial charge in [-0.3, -0.25) is 4.79 Å². The molecule has 0 aliphatic carbocycles. The largest absolute Gasteiger partial charge is 0.459 e. The number of carbonyl (C=O) groups is 1. The molecule has 0 radical (unpaired) electrons. The van der Waals surface area contributed by atoms with Crippen LogP contribution in [0, 0.1) is 0 Å². The maximum absolute atomic E-state index is 12.6. The van der Waals surface area contributed by atoms with Gasteiger partial charge in [0.25, 0.3) is 5.91 Å². The second kappa shape index (κ2) is 7.03. The molecule has 1 aromatic heterocycles. The molecule has 5 heteroatoms. The van der Waals surface area contributed by atoms with Crippen molar-refractivity contribution in [2.75, 3.05) is 13.1 Å². The number of rotatable bonds is 4. The van der Waals surface area contributed by atoms with E-state index in [9.17, 15) is 4.79 Å². The van der Waals surface area contributed by atoms with Gasteiger partial charge in [-0.25, -0.2) is 0 Å². The lowest BCUT2D eigenvalue weighted by atomic mass is 10.1. The van der Waals surface area contributed by atoms with Crippen molar-refractivity contribution in [3.63, 3.8) is 0 Å². The first-order valence-corrected chi connectivity index (χ1v) is 8.51. The Hall–Kier alpha value is -1.72. The van der Waals surface area contributed by atoms with Crippen LogP contribution in [0.15, 0.2) is 52.0 Å². The number of nitrogens with two attached hydrogens (primary N) is 1. The summed E-state index contributed by atoms with van der Waals surface area (Å²) in [5.41, 5.74) is 6.90. The molecule has 1 amide bonds. The highest BCUT2D eigenvalue weighted by Crippen LogP contribution is 2.26. The minimum Gasteiger partial charge on any atom is -0.459 e. The smallest absolute Gasteiger partial charge is 0.289 e. The van der Waals surface area contributed by atoms with Crippen LogP contribution in [0.2, 0.25) is 0 Å². The molecular weight excluding hydrogens is 296 g/mol. The van der Waals surface area contributed by atoms with Crippen molar-refractivity contribution in [3.8, 4) is 0 Å². The molecule has 2 aromatic rings. The molecule has 4 nitrogen and oxygen atoms in total. The topological polar surface area (TPSA) is 59.5 Å². The molecule has 1 fully saturated rings. The molecule has 0 unspecified atom stereocenters. The quantitative estimate of drug-likeness (QED) is 0.880. The van der Waals surface area contributed by atoms with Crippen molar-refractivity contribution >= 4 is 17.7 Å². The van der Waals surface area contributed by atoms with E-state index in [1.54, 1.807) is 18.0 Å². The molecular formula is C17H20N2O2S. The minimum atomic E-state index is -0.0381. The Morgan fingerprint density at radius 3 is 2.91 bits per heavy atom. The second-order valence-corrected chi connectivity index (χ2v) is 6.58. The highest BCUT2D eigenvalue weighted by atomic mass is 32.2. The van der Waals surface area contributed by atoms with E-state index in [4.69, 9.17) is 10.2 Å². The Bertz CT molecular complexity index is 627. The van der Waals surface area contributed by atoms with E-state index in [1.807, 2.05) is 29.2 Å². The second-order valence-electron chi connectivity index (χ2n) is 5.53. The van der Waals surface area contributed by atoms with E-state index in [0.29, 0.717) is 12.3 Å². The van der Waals surface area contributed by atoms with Crippen LogP contribution in [0.25, 0.3) is 0 Å². The van der Waals surface area contributed by atoms with Gasteiger partial charge in [-0.2, -0.15) is 0 Å². The zero-order valence-electron chi connectivity index (χ0n) is 12.4. The summed E-state index contributed by atoms with van der Waals surface area (Å²) in [6.45, 7) is 1.38. The fourth-order valence-electron chi connectivity index (χ4n) is 2.65. The summed E-state index contributed by atoms with van der Waals surface area (Å²) in [6.07, 6.45) is 3.54. The normalized spacial score (nSPS) is 18.4. The van der Waals surface area contributed by atoms with Gasteiger partial charge in [-0.05, 0) is 31.0 Å². The van der Waals surface area contributed by atoms with E-state index in [0.717, 1.165) is 30.7 Å². The molecule has 0 spiro atoms. The number of piperidine rings is 1. The van der Waals surface area contributed by atoms with Crippen LogP contribution in [0.5, 0.6) is 0 Å². The van der Waals surface area contributed by atoms with E-state index in [1.165, 1.54) is 4.90 Å². The van der Waals surface area contributed by atoms with Gasteiger partial charge in [0, 0.05) is 35.3 Å². The Labute approximate surface area is 134 Å². The summed E-state index contributed by atoms with van der Waals surface area (Å²) in [7, 11) is 0. The average Bonchev–Trinajstić information content (AvgIpc) is 3.01. The third-order valence-corrected chi connectivity index (χ3v) is 4.88. The van der Waals surface area contributed by atoms with Crippen LogP contribution >= 0.6 is 11.8 Å². The highest BCUT2D eigenvalue weighted by Gasteiger charge is 2.26. The lowest BCUT2D eigenvalue weighted by Crippen LogP contribution is -2.45. The number of amides is 1. The number of carbonyl (C=O) groups excluding carboxylic acids is 1. The number of furan rings is 1. The molecule has 2 N–H and O–H groups in total. The van der Waals surface area contributed by atoms with Crippen LogP contribution in [0.4, 0.5) is 0 Å². The third kappa shape index (κ3) is 3.54. The molecule has 2 heterocycles. The lowest BCUT2D eigenvalue weighted by Gasteiger charge is -2.30. The van der Waals surface area contributed by atoms with E-state index in [2.05, 4.69) is 12.1 Å². The first kappa shape index (κ1) is 15.2. The Morgan fingerprint density at radius 2 is 2.14 bits per heavy atom. The average molecular weight is 316 g/mol. The number of hydrogen-bond donors (Lipinski definition) is 1. The van der Waals surface area contributed by atoms with Crippen molar-refractivity contribution in [2.45, 2.75) is 29.5 Å². The monoisotopic (exact) mass is 316 g/mol. The molecule has 3 rings (SSSR count). The summed E-state index contributed by atoms with van der Waals surface area (Å²) >= 11 is 1.70. The van der Waals surface area contributed by atoms with Gasteiger partial charge in [0.1, 0.15) is 0 Å². The van der Waals surface area contributed by atoms with E-state index < -0.39 is 0 Å². The molecule has 0 bridgehead atoms. The Morgan fingerprint density at radius 1 is 1.32 bits per heavy atom. The van der Waals surface area contributed by atoms with Crippen LogP contribution in [-0.4, -0.2) is 29.9 Å². The Balaban J connectivity index is 1.67. The molecule has 116 valence electrons. The summed E-state index contributed by atoms with van der Waals surface area (Å²) in [4.78, 5) is 15.6. The van der Waals surface area contributed by atoms with Crippen LogP contribution < -0.4 is 5.73 Å². The van der Waals surface area contributed by atoms with Gasteiger partial charge in [-0.1, -0.05) is 18.2 Å². The maximum atomic E-state index is 12.6. The number of likely N-dealkylation sites (tertiary alicyclic amines) is 1. The van der Waals surface area contributed by atoms with Crippen molar-refractivity contribution in [1.82, 2.24) is 4.90 Å². The van der Waals surface area contributed by atoms with Gasteiger partial charge in [0.15, 0.2) is 5.76 Å². The molecule has 1 saturated heterocycles.